The summed E-state index contributed by atoms with van der Waals surface area (Å²) < 4.78 is 5.09. The number of nitrogens with one attached hydrogen (secondary N) is 1. The first kappa shape index (κ1) is 14.2. The van der Waals surface area contributed by atoms with E-state index in [-0.39, 0.29) is 18.1 Å². The topological polar surface area (TPSA) is 68.3 Å². The highest BCUT2D eigenvalue weighted by atomic mass is 32.1. The van der Waals surface area contributed by atoms with Crippen molar-refractivity contribution in [1.29, 1.82) is 0 Å². The summed E-state index contributed by atoms with van der Waals surface area (Å²) in [6.07, 6.45) is -0.128. The van der Waals surface area contributed by atoms with Crippen molar-refractivity contribution in [3.8, 4) is 17.0 Å². The van der Waals surface area contributed by atoms with Crippen LogP contribution in [0.2, 0.25) is 0 Å². The van der Waals surface area contributed by atoms with Gasteiger partial charge in [-0.1, -0.05) is 0 Å². The molecule has 0 aliphatic rings. The Labute approximate surface area is 120 Å². The fourth-order valence-corrected chi connectivity index (χ4v) is 2.35. The zero-order valence-electron chi connectivity index (χ0n) is 11.2. The Morgan fingerprint density at radius 2 is 2.00 bits per heavy atom. The highest BCUT2D eigenvalue weighted by Crippen LogP contribution is 2.26. The smallest absolute Gasteiger partial charge is 0.233 e. The number of ketones is 1. The highest BCUT2D eigenvalue weighted by Gasteiger charge is 2.09. The van der Waals surface area contributed by atoms with Crippen LogP contribution in [0, 0.1) is 0 Å². The van der Waals surface area contributed by atoms with Gasteiger partial charge in [0.05, 0.1) is 19.2 Å². The van der Waals surface area contributed by atoms with Crippen LogP contribution < -0.4 is 10.1 Å². The number of hydrogen-bond donors (Lipinski definition) is 1. The number of carbonyl (C=O) groups is 2. The summed E-state index contributed by atoms with van der Waals surface area (Å²) >= 11 is 1.32. The number of thiazole rings is 1. The summed E-state index contributed by atoms with van der Waals surface area (Å²) in [5, 5.41) is 4.95. The molecule has 6 heteroatoms. The quantitative estimate of drug-likeness (QED) is 0.860. The van der Waals surface area contributed by atoms with Crippen molar-refractivity contribution < 1.29 is 14.3 Å². The molecule has 20 heavy (non-hydrogen) atoms. The molecule has 0 unspecified atom stereocenters. The second-order valence-electron chi connectivity index (χ2n) is 4.19. The van der Waals surface area contributed by atoms with E-state index in [9.17, 15) is 9.59 Å². The zero-order chi connectivity index (χ0) is 14.5. The van der Waals surface area contributed by atoms with E-state index in [1.54, 1.807) is 7.11 Å². The monoisotopic (exact) mass is 290 g/mol. The maximum absolute atomic E-state index is 11.5. The summed E-state index contributed by atoms with van der Waals surface area (Å²) in [4.78, 5) is 26.6. The molecule has 0 aliphatic carbocycles. The van der Waals surface area contributed by atoms with Gasteiger partial charge in [-0.2, -0.15) is 0 Å². The Balaban J connectivity index is 2.08. The van der Waals surface area contributed by atoms with E-state index < -0.39 is 0 Å². The molecule has 104 valence electrons. The SMILES string of the molecule is COc1ccc(-c2csc(NC(=O)CC(C)=O)n2)cc1. The number of anilines is 1. The standard InChI is InChI=1S/C14H14N2O3S/c1-9(17)7-13(18)16-14-15-12(8-20-14)10-3-5-11(19-2)6-4-10/h3-6,8H,7H2,1-2H3,(H,15,16,18). The van der Waals surface area contributed by atoms with E-state index in [0.717, 1.165) is 17.0 Å². The fourth-order valence-electron chi connectivity index (χ4n) is 1.62. The van der Waals surface area contributed by atoms with E-state index in [0.29, 0.717) is 5.13 Å². The van der Waals surface area contributed by atoms with Crippen molar-refractivity contribution in [2.24, 2.45) is 0 Å². The van der Waals surface area contributed by atoms with E-state index >= 15 is 0 Å². The largest absolute Gasteiger partial charge is 0.497 e. The normalized spacial score (nSPS) is 10.1. The van der Waals surface area contributed by atoms with Crippen LogP contribution in [0.3, 0.4) is 0 Å². The van der Waals surface area contributed by atoms with Crippen LogP contribution >= 0.6 is 11.3 Å². The number of hydrogen-bond acceptors (Lipinski definition) is 5. The van der Waals surface area contributed by atoms with Crippen LogP contribution in [0.1, 0.15) is 13.3 Å². The lowest BCUT2D eigenvalue weighted by atomic mass is 10.2. The van der Waals surface area contributed by atoms with Crippen molar-refractivity contribution in [1.82, 2.24) is 4.98 Å². The van der Waals surface area contributed by atoms with Crippen molar-refractivity contribution in [2.75, 3.05) is 12.4 Å². The molecule has 0 aliphatic heterocycles. The minimum atomic E-state index is -0.340. The molecule has 0 bridgehead atoms. The van der Waals surface area contributed by atoms with Crippen LogP contribution in [-0.4, -0.2) is 23.8 Å². The molecule has 1 aromatic heterocycles. The van der Waals surface area contributed by atoms with Crippen LogP contribution in [0.4, 0.5) is 5.13 Å². The second-order valence-corrected chi connectivity index (χ2v) is 5.05. The van der Waals surface area contributed by atoms with E-state index in [1.807, 2.05) is 29.6 Å². The zero-order valence-corrected chi connectivity index (χ0v) is 12.0. The lowest BCUT2D eigenvalue weighted by Gasteiger charge is -2.01. The van der Waals surface area contributed by atoms with Gasteiger partial charge in [-0.15, -0.1) is 11.3 Å². The van der Waals surface area contributed by atoms with E-state index in [1.165, 1.54) is 18.3 Å². The number of rotatable bonds is 5. The molecule has 2 aromatic rings. The number of Topliss-reactive ketones (excluding diaryl/α,β-unsaturated/α-hetero) is 1. The molecule has 0 saturated heterocycles. The maximum Gasteiger partial charge on any atom is 0.233 e. The molecular formula is C14H14N2O3S. The van der Waals surface area contributed by atoms with Gasteiger partial charge in [-0.05, 0) is 31.2 Å². The molecule has 2 rings (SSSR count). The summed E-state index contributed by atoms with van der Waals surface area (Å²) in [5.41, 5.74) is 1.71. The Bertz CT molecular complexity index is 620. The third-order valence-corrected chi connectivity index (χ3v) is 3.30. The number of amides is 1. The Hall–Kier alpha value is -2.21. The fraction of sp³-hybridized carbons (Fsp3) is 0.214. The summed E-state index contributed by atoms with van der Waals surface area (Å²) in [7, 11) is 1.61. The predicted molar refractivity (Wildman–Crippen MR) is 78.0 cm³/mol. The summed E-state index contributed by atoms with van der Waals surface area (Å²) in [6, 6.07) is 7.50. The third kappa shape index (κ3) is 3.64. The number of benzene rings is 1. The Kier molecular flexibility index (Phi) is 4.47. The van der Waals surface area contributed by atoms with Crippen LogP contribution in [0.15, 0.2) is 29.6 Å². The van der Waals surface area contributed by atoms with Crippen LogP contribution in [0.25, 0.3) is 11.3 Å². The Morgan fingerprint density at radius 1 is 1.30 bits per heavy atom. The maximum atomic E-state index is 11.5. The van der Waals surface area contributed by atoms with Crippen molar-refractivity contribution in [3.05, 3.63) is 29.6 Å². The molecule has 0 atom stereocenters. The first-order valence-corrected chi connectivity index (χ1v) is 6.85. The predicted octanol–water partition coefficient (Wildman–Crippen LogP) is 2.74. The van der Waals surface area contributed by atoms with Crippen LogP contribution in [-0.2, 0) is 9.59 Å². The molecular weight excluding hydrogens is 276 g/mol. The molecule has 5 nitrogen and oxygen atoms in total. The minimum Gasteiger partial charge on any atom is -0.497 e. The number of carbonyl (C=O) groups excluding carboxylic acids is 2. The summed E-state index contributed by atoms with van der Waals surface area (Å²) in [5.74, 6) is 0.265. The lowest BCUT2D eigenvalue weighted by Crippen LogP contribution is -2.14. The lowest BCUT2D eigenvalue weighted by molar-refractivity contribution is -0.124. The molecule has 1 N–H and O–H groups in total. The van der Waals surface area contributed by atoms with Gasteiger partial charge in [0.25, 0.3) is 0 Å². The molecule has 1 aromatic carbocycles. The molecule has 1 heterocycles. The number of nitrogens with zero attached hydrogens (tertiary/aromatic N) is 1. The van der Waals surface area contributed by atoms with E-state index in [4.69, 9.17) is 4.74 Å². The minimum absolute atomic E-state index is 0.128. The van der Waals surface area contributed by atoms with Gasteiger partial charge in [0.15, 0.2) is 5.13 Å². The van der Waals surface area contributed by atoms with Gasteiger partial charge in [-0.25, -0.2) is 4.98 Å². The van der Waals surface area contributed by atoms with Gasteiger partial charge >= 0.3 is 0 Å². The number of aromatic nitrogens is 1. The van der Waals surface area contributed by atoms with Gasteiger partial charge < -0.3 is 10.1 Å². The third-order valence-electron chi connectivity index (χ3n) is 2.55. The van der Waals surface area contributed by atoms with Gasteiger partial charge in [0.2, 0.25) is 5.91 Å². The molecule has 1 amide bonds. The van der Waals surface area contributed by atoms with Gasteiger partial charge in [0.1, 0.15) is 11.5 Å². The summed E-state index contributed by atoms with van der Waals surface area (Å²) in [6.45, 7) is 1.38. The highest BCUT2D eigenvalue weighted by molar-refractivity contribution is 7.14. The number of ether oxygens (including phenoxy) is 1. The van der Waals surface area contributed by atoms with E-state index in [2.05, 4.69) is 10.3 Å². The number of methoxy groups -OCH3 is 1. The molecule has 0 spiro atoms. The molecule has 0 saturated carbocycles. The molecule has 0 fully saturated rings. The Morgan fingerprint density at radius 3 is 2.60 bits per heavy atom. The van der Waals surface area contributed by atoms with Crippen molar-refractivity contribution >= 4 is 28.2 Å². The van der Waals surface area contributed by atoms with Crippen LogP contribution in [0.5, 0.6) is 5.75 Å². The van der Waals surface area contributed by atoms with Gasteiger partial charge in [0, 0.05) is 10.9 Å². The van der Waals surface area contributed by atoms with Crippen molar-refractivity contribution in [3.63, 3.8) is 0 Å². The second kappa shape index (κ2) is 6.29. The average molecular weight is 290 g/mol. The van der Waals surface area contributed by atoms with Gasteiger partial charge in [-0.3, -0.25) is 9.59 Å². The van der Waals surface area contributed by atoms with Crippen molar-refractivity contribution in [2.45, 2.75) is 13.3 Å². The first-order chi connectivity index (χ1) is 9.58. The first-order valence-electron chi connectivity index (χ1n) is 5.97. The molecule has 0 radical (unpaired) electrons. The average Bonchev–Trinajstić information content (AvgIpc) is 2.86.